The highest BCUT2D eigenvalue weighted by atomic mass is 127. The summed E-state index contributed by atoms with van der Waals surface area (Å²) in [6.45, 7) is 8.11. The first-order valence-electron chi connectivity index (χ1n) is 8.13. The first-order chi connectivity index (χ1) is 10.6. The fourth-order valence-electron chi connectivity index (χ4n) is 2.77. The van der Waals surface area contributed by atoms with Crippen LogP contribution in [0.25, 0.3) is 0 Å². The van der Waals surface area contributed by atoms with Crippen molar-refractivity contribution in [1.82, 2.24) is 10.6 Å². The average Bonchev–Trinajstić information content (AvgIpc) is 2.56. The fourth-order valence-corrected chi connectivity index (χ4v) is 2.77. The lowest BCUT2D eigenvalue weighted by Crippen LogP contribution is -2.48. The van der Waals surface area contributed by atoms with Crippen LogP contribution in [0.5, 0.6) is 0 Å². The van der Waals surface area contributed by atoms with E-state index < -0.39 is 0 Å². The number of guanidine groups is 1. The quantitative estimate of drug-likeness (QED) is 0.375. The van der Waals surface area contributed by atoms with Gasteiger partial charge in [0.1, 0.15) is 0 Å². The molecule has 0 aliphatic carbocycles. The van der Waals surface area contributed by atoms with Crippen molar-refractivity contribution in [2.24, 2.45) is 4.99 Å². The number of benzene rings is 1. The van der Waals surface area contributed by atoms with Gasteiger partial charge in [0.15, 0.2) is 5.96 Å². The Labute approximate surface area is 158 Å². The number of hydrogen-bond acceptors (Lipinski definition) is 2. The maximum absolute atomic E-state index is 5.16. The van der Waals surface area contributed by atoms with Gasteiger partial charge in [-0.15, -0.1) is 24.0 Å². The number of halogens is 1. The SMILES string of the molecule is CCC(CC)(CNC(=NC)NC(C)COC)c1ccccc1.I. The van der Waals surface area contributed by atoms with Crippen LogP contribution < -0.4 is 10.6 Å². The molecule has 0 radical (unpaired) electrons. The van der Waals surface area contributed by atoms with Crippen LogP contribution in [0.15, 0.2) is 35.3 Å². The molecule has 1 unspecified atom stereocenters. The second kappa shape index (κ2) is 11.7. The molecular weight excluding hydrogens is 401 g/mol. The van der Waals surface area contributed by atoms with E-state index in [9.17, 15) is 0 Å². The third-order valence-corrected chi connectivity index (χ3v) is 4.36. The third-order valence-electron chi connectivity index (χ3n) is 4.36. The Morgan fingerprint density at radius 1 is 1.22 bits per heavy atom. The largest absolute Gasteiger partial charge is 0.383 e. The molecule has 2 N–H and O–H groups in total. The summed E-state index contributed by atoms with van der Waals surface area (Å²) in [6, 6.07) is 11.0. The Bertz CT molecular complexity index is 447. The molecule has 0 aliphatic rings. The molecule has 23 heavy (non-hydrogen) atoms. The molecule has 1 rings (SSSR count). The molecule has 0 heterocycles. The molecule has 0 fully saturated rings. The molecule has 0 saturated carbocycles. The molecule has 1 atom stereocenters. The van der Waals surface area contributed by atoms with Gasteiger partial charge in [-0.1, -0.05) is 44.2 Å². The zero-order chi connectivity index (χ0) is 16.4. The van der Waals surface area contributed by atoms with Crippen LogP contribution in [0, 0.1) is 0 Å². The normalized spacial score (nSPS) is 13.2. The Balaban J connectivity index is 0.00000484. The van der Waals surface area contributed by atoms with E-state index in [0.717, 1.165) is 25.3 Å². The summed E-state index contributed by atoms with van der Waals surface area (Å²) in [4.78, 5) is 4.31. The summed E-state index contributed by atoms with van der Waals surface area (Å²) in [6.07, 6.45) is 2.18. The number of nitrogens with zero attached hydrogens (tertiary/aromatic N) is 1. The van der Waals surface area contributed by atoms with Crippen LogP contribution in [-0.2, 0) is 10.2 Å². The second-order valence-corrected chi connectivity index (χ2v) is 5.78. The summed E-state index contributed by atoms with van der Waals surface area (Å²) in [7, 11) is 3.51. The van der Waals surface area contributed by atoms with Gasteiger partial charge in [-0.3, -0.25) is 4.99 Å². The fraction of sp³-hybridized carbons (Fsp3) is 0.611. The summed E-state index contributed by atoms with van der Waals surface area (Å²) in [5, 5.41) is 6.84. The third kappa shape index (κ3) is 6.67. The predicted molar refractivity (Wildman–Crippen MR) is 110 cm³/mol. The first kappa shape index (κ1) is 22.2. The molecule has 4 nitrogen and oxygen atoms in total. The van der Waals surface area contributed by atoms with Gasteiger partial charge < -0.3 is 15.4 Å². The molecule has 132 valence electrons. The lowest BCUT2D eigenvalue weighted by atomic mass is 9.76. The van der Waals surface area contributed by atoms with Crippen LogP contribution in [0.3, 0.4) is 0 Å². The number of rotatable bonds is 8. The van der Waals surface area contributed by atoms with E-state index >= 15 is 0 Å². The van der Waals surface area contributed by atoms with Crippen LogP contribution in [0.4, 0.5) is 0 Å². The topological polar surface area (TPSA) is 45.7 Å². The van der Waals surface area contributed by atoms with Gasteiger partial charge in [0, 0.05) is 32.2 Å². The molecule has 0 aliphatic heterocycles. The van der Waals surface area contributed by atoms with Crippen LogP contribution in [0.2, 0.25) is 0 Å². The lowest BCUT2D eigenvalue weighted by molar-refractivity contribution is 0.179. The van der Waals surface area contributed by atoms with E-state index in [4.69, 9.17) is 4.74 Å². The van der Waals surface area contributed by atoms with Crippen molar-refractivity contribution in [1.29, 1.82) is 0 Å². The van der Waals surface area contributed by atoms with Gasteiger partial charge in [0.2, 0.25) is 0 Å². The average molecular weight is 433 g/mol. The van der Waals surface area contributed by atoms with Gasteiger partial charge in [-0.05, 0) is 25.3 Å². The highest BCUT2D eigenvalue weighted by molar-refractivity contribution is 14.0. The molecule has 0 saturated heterocycles. The summed E-state index contributed by atoms with van der Waals surface area (Å²) in [5.74, 6) is 0.826. The maximum Gasteiger partial charge on any atom is 0.191 e. The van der Waals surface area contributed by atoms with E-state index in [2.05, 4.69) is 66.7 Å². The van der Waals surface area contributed by atoms with E-state index in [-0.39, 0.29) is 35.4 Å². The van der Waals surface area contributed by atoms with Gasteiger partial charge in [0.05, 0.1) is 6.61 Å². The van der Waals surface area contributed by atoms with Crippen molar-refractivity contribution in [3.63, 3.8) is 0 Å². The Hall–Kier alpha value is -0.820. The summed E-state index contributed by atoms with van der Waals surface area (Å²) < 4.78 is 5.16. The molecule has 1 aromatic rings. The minimum absolute atomic E-state index is 0. The molecular formula is C18H32IN3O. The van der Waals surface area contributed by atoms with Crippen molar-refractivity contribution in [3.05, 3.63) is 35.9 Å². The second-order valence-electron chi connectivity index (χ2n) is 5.78. The van der Waals surface area contributed by atoms with Crippen LogP contribution >= 0.6 is 24.0 Å². The van der Waals surface area contributed by atoms with E-state index in [1.54, 1.807) is 14.2 Å². The first-order valence-corrected chi connectivity index (χ1v) is 8.13. The molecule has 0 amide bonds. The Kier molecular flexibility index (Phi) is 11.3. The maximum atomic E-state index is 5.16. The van der Waals surface area contributed by atoms with Crippen molar-refractivity contribution >= 4 is 29.9 Å². The number of methoxy groups -OCH3 is 1. The van der Waals surface area contributed by atoms with E-state index in [1.165, 1.54) is 5.56 Å². The highest BCUT2D eigenvalue weighted by Crippen LogP contribution is 2.30. The van der Waals surface area contributed by atoms with Crippen LogP contribution in [0.1, 0.15) is 39.2 Å². The summed E-state index contributed by atoms with van der Waals surface area (Å²) in [5.41, 5.74) is 1.51. The Morgan fingerprint density at radius 3 is 2.30 bits per heavy atom. The van der Waals surface area contributed by atoms with Crippen molar-refractivity contribution in [2.45, 2.75) is 45.1 Å². The van der Waals surface area contributed by atoms with Crippen molar-refractivity contribution < 1.29 is 4.74 Å². The van der Waals surface area contributed by atoms with E-state index in [1.807, 2.05) is 0 Å². The van der Waals surface area contributed by atoms with Gasteiger partial charge in [0.25, 0.3) is 0 Å². The lowest BCUT2D eigenvalue weighted by Gasteiger charge is -2.33. The van der Waals surface area contributed by atoms with E-state index in [0.29, 0.717) is 6.61 Å². The highest BCUT2D eigenvalue weighted by Gasteiger charge is 2.28. The molecule has 5 heteroatoms. The number of hydrogen-bond donors (Lipinski definition) is 2. The number of nitrogens with one attached hydrogen (secondary N) is 2. The van der Waals surface area contributed by atoms with Crippen molar-refractivity contribution in [3.8, 4) is 0 Å². The number of ether oxygens (including phenoxy) is 1. The predicted octanol–water partition coefficient (Wildman–Crippen LogP) is 3.56. The van der Waals surface area contributed by atoms with Gasteiger partial charge in [-0.25, -0.2) is 0 Å². The smallest absolute Gasteiger partial charge is 0.191 e. The van der Waals surface area contributed by atoms with Crippen LogP contribution in [-0.4, -0.2) is 39.3 Å². The molecule has 0 spiro atoms. The standard InChI is InChI=1S/C18H31N3O.HI/c1-6-18(7-2,16-11-9-8-10-12-16)14-20-17(19-4)21-15(3)13-22-5;/h8-12,15H,6-7,13-14H2,1-5H3,(H2,19,20,21);1H. The Morgan fingerprint density at radius 2 is 1.83 bits per heavy atom. The minimum Gasteiger partial charge on any atom is -0.383 e. The van der Waals surface area contributed by atoms with Crippen molar-refractivity contribution in [2.75, 3.05) is 27.3 Å². The minimum atomic E-state index is 0. The number of aliphatic imine (C=N–C) groups is 1. The zero-order valence-electron chi connectivity index (χ0n) is 15.1. The molecule has 0 bridgehead atoms. The zero-order valence-corrected chi connectivity index (χ0v) is 17.4. The van der Waals surface area contributed by atoms with Gasteiger partial charge in [-0.2, -0.15) is 0 Å². The molecule has 0 aromatic heterocycles. The molecule has 1 aromatic carbocycles. The monoisotopic (exact) mass is 433 g/mol. The van der Waals surface area contributed by atoms with Gasteiger partial charge >= 0.3 is 0 Å². The summed E-state index contributed by atoms with van der Waals surface area (Å²) >= 11 is 0.